The molecule has 1 aromatic rings. The van der Waals surface area contributed by atoms with Crippen molar-refractivity contribution in [2.24, 2.45) is 5.41 Å². The average molecular weight is 269 g/mol. The van der Waals surface area contributed by atoms with Gasteiger partial charge in [0, 0.05) is 18.0 Å². The number of aliphatic hydroxyl groups is 1. The first-order chi connectivity index (χ1) is 8.98. The van der Waals surface area contributed by atoms with Crippen LogP contribution in [0.3, 0.4) is 0 Å². The van der Waals surface area contributed by atoms with Crippen LogP contribution in [0.5, 0.6) is 5.75 Å². The Labute approximate surface area is 112 Å². The highest BCUT2D eigenvalue weighted by Gasteiger charge is 2.26. The molecule has 0 fully saturated rings. The van der Waals surface area contributed by atoms with Crippen molar-refractivity contribution in [3.63, 3.8) is 0 Å². The van der Waals surface area contributed by atoms with Crippen LogP contribution in [0, 0.1) is 11.2 Å². The van der Waals surface area contributed by atoms with Gasteiger partial charge in [0.15, 0.2) is 0 Å². The molecule has 0 aromatic heterocycles. The standard InChI is InChI=1S/C14H20FNO3/c1-3-14(4-2,9-17)8-16-13(19)11-6-5-10(15)7-12(11)18/h5-7,17-18H,3-4,8-9H2,1-2H3,(H,16,19). The van der Waals surface area contributed by atoms with Crippen LogP contribution in [-0.4, -0.2) is 29.3 Å². The quantitative estimate of drug-likeness (QED) is 0.740. The lowest BCUT2D eigenvalue weighted by Crippen LogP contribution is -2.39. The molecule has 0 radical (unpaired) electrons. The van der Waals surface area contributed by atoms with Crippen molar-refractivity contribution in [2.75, 3.05) is 13.2 Å². The molecule has 0 unspecified atom stereocenters. The number of hydrogen-bond acceptors (Lipinski definition) is 3. The number of halogens is 1. The number of aromatic hydroxyl groups is 1. The average Bonchev–Trinajstić information content (AvgIpc) is 2.40. The van der Waals surface area contributed by atoms with Crippen LogP contribution in [0.25, 0.3) is 0 Å². The lowest BCUT2D eigenvalue weighted by atomic mass is 9.83. The summed E-state index contributed by atoms with van der Waals surface area (Å²) in [6, 6.07) is 3.25. The van der Waals surface area contributed by atoms with Crippen molar-refractivity contribution in [2.45, 2.75) is 26.7 Å². The molecule has 0 aliphatic rings. The highest BCUT2D eigenvalue weighted by Crippen LogP contribution is 2.25. The summed E-state index contributed by atoms with van der Waals surface area (Å²) in [6.07, 6.45) is 1.46. The fourth-order valence-electron chi connectivity index (χ4n) is 1.84. The number of phenols is 1. The van der Waals surface area contributed by atoms with Gasteiger partial charge < -0.3 is 15.5 Å². The third kappa shape index (κ3) is 3.67. The van der Waals surface area contributed by atoms with E-state index in [-0.39, 0.29) is 23.3 Å². The number of amides is 1. The smallest absolute Gasteiger partial charge is 0.255 e. The van der Waals surface area contributed by atoms with Gasteiger partial charge in [-0.3, -0.25) is 4.79 Å². The monoisotopic (exact) mass is 269 g/mol. The van der Waals surface area contributed by atoms with Crippen molar-refractivity contribution in [1.29, 1.82) is 0 Å². The van der Waals surface area contributed by atoms with E-state index in [9.17, 15) is 19.4 Å². The second kappa shape index (κ2) is 6.52. The van der Waals surface area contributed by atoms with Gasteiger partial charge in [0.05, 0.1) is 12.2 Å². The normalized spacial score (nSPS) is 11.4. The number of phenolic OH excluding ortho intramolecular Hbond substituents is 1. The summed E-state index contributed by atoms with van der Waals surface area (Å²) >= 11 is 0. The molecular formula is C14H20FNO3. The van der Waals surface area contributed by atoms with Crippen LogP contribution in [0.2, 0.25) is 0 Å². The molecule has 1 rings (SSSR count). The van der Waals surface area contributed by atoms with Crippen molar-refractivity contribution < 1.29 is 19.4 Å². The first-order valence-corrected chi connectivity index (χ1v) is 6.35. The maximum atomic E-state index is 12.8. The Bertz CT molecular complexity index is 436. The Kier molecular flexibility index (Phi) is 5.30. The molecule has 4 nitrogen and oxygen atoms in total. The molecule has 0 aliphatic carbocycles. The minimum absolute atomic E-state index is 0.0182. The number of aliphatic hydroxyl groups excluding tert-OH is 1. The molecule has 0 bridgehead atoms. The van der Waals surface area contributed by atoms with Gasteiger partial charge in [-0.1, -0.05) is 13.8 Å². The maximum Gasteiger partial charge on any atom is 0.255 e. The molecule has 106 valence electrons. The molecule has 3 N–H and O–H groups in total. The van der Waals surface area contributed by atoms with E-state index in [4.69, 9.17) is 0 Å². The minimum atomic E-state index is -0.596. The van der Waals surface area contributed by atoms with Crippen LogP contribution in [-0.2, 0) is 0 Å². The molecule has 1 aromatic carbocycles. The Balaban J connectivity index is 2.75. The van der Waals surface area contributed by atoms with Gasteiger partial charge in [-0.25, -0.2) is 4.39 Å². The Morgan fingerprint density at radius 3 is 2.47 bits per heavy atom. The van der Waals surface area contributed by atoms with Gasteiger partial charge in [0.2, 0.25) is 0 Å². The Morgan fingerprint density at radius 1 is 1.37 bits per heavy atom. The van der Waals surface area contributed by atoms with E-state index in [0.29, 0.717) is 6.54 Å². The van der Waals surface area contributed by atoms with E-state index in [0.717, 1.165) is 25.0 Å². The molecular weight excluding hydrogens is 249 g/mol. The van der Waals surface area contributed by atoms with Gasteiger partial charge in [0.25, 0.3) is 5.91 Å². The van der Waals surface area contributed by atoms with E-state index in [1.165, 1.54) is 6.07 Å². The summed E-state index contributed by atoms with van der Waals surface area (Å²) in [5.41, 5.74) is -0.328. The zero-order valence-electron chi connectivity index (χ0n) is 11.2. The van der Waals surface area contributed by atoms with Crippen LogP contribution in [0.4, 0.5) is 4.39 Å². The predicted molar refractivity (Wildman–Crippen MR) is 70.5 cm³/mol. The molecule has 0 atom stereocenters. The zero-order valence-corrected chi connectivity index (χ0v) is 11.2. The fraction of sp³-hybridized carbons (Fsp3) is 0.500. The van der Waals surface area contributed by atoms with Crippen LogP contribution < -0.4 is 5.32 Å². The van der Waals surface area contributed by atoms with Gasteiger partial charge in [-0.2, -0.15) is 0 Å². The zero-order chi connectivity index (χ0) is 14.5. The third-order valence-electron chi connectivity index (χ3n) is 3.66. The van der Waals surface area contributed by atoms with Gasteiger partial charge in [-0.05, 0) is 25.0 Å². The van der Waals surface area contributed by atoms with Crippen molar-refractivity contribution in [1.82, 2.24) is 5.32 Å². The van der Waals surface area contributed by atoms with E-state index < -0.39 is 11.7 Å². The number of rotatable bonds is 6. The van der Waals surface area contributed by atoms with Crippen LogP contribution in [0.15, 0.2) is 18.2 Å². The first kappa shape index (κ1) is 15.4. The number of nitrogens with one attached hydrogen (secondary N) is 1. The van der Waals surface area contributed by atoms with E-state index in [2.05, 4.69) is 5.32 Å². The molecule has 19 heavy (non-hydrogen) atoms. The Morgan fingerprint density at radius 2 is 2.00 bits per heavy atom. The molecule has 0 aliphatic heterocycles. The molecule has 1 amide bonds. The fourth-order valence-corrected chi connectivity index (χ4v) is 1.84. The van der Waals surface area contributed by atoms with Crippen molar-refractivity contribution in [3.05, 3.63) is 29.6 Å². The van der Waals surface area contributed by atoms with Crippen LogP contribution >= 0.6 is 0 Å². The van der Waals surface area contributed by atoms with E-state index in [1.807, 2.05) is 13.8 Å². The van der Waals surface area contributed by atoms with Gasteiger partial charge in [0.1, 0.15) is 11.6 Å². The lowest BCUT2D eigenvalue weighted by molar-refractivity contribution is 0.0849. The number of carbonyl (C=O) groups excluding carboxylic acids is 1. The summed E-state index contributed by atoms with van der Waals surface area (Å²) in [5, 5.41) is 21.6. The number of carbonyl (C=O) groups is 1. The van der Waals surface area contributed by atoms with E-state index in [1.54, 1.807) is 0 Å². The van der Waals surface area contributed by atoms with Crippen molar-refractivity contribution in [3.8, 4) is 5.75 Å². The topological polar surface area (TPSA) is 69.6 Å². The van der Waals surface area contributed by atoms with Gasteiger partial charge >= 0.3 is 0 Å². The summed E-state index contributed by atoms with van der Waals surface area (Å²) < 4.78 is 12.8. The lowest BCUT2D eigenvalue weighted by Gasteiger charge is -2.29. The summed E-state index contributed by atoms with van der Waals surface area (Å²) in [6.45, 7) is 4.18. The molecule has 0 spiro atoms. The SMILES string of the molecule is CCC(CC)(CO)CNC(=O)c1ccc(F)cc1O. The summed E-state index contributed by atoms with van der Waals surface area (Å²) in [7, 11) is 0. The first-order valence-electron chi connectivity index (χ1n) is 6.35. The summed E-state index contributed by atoms with van der Waals surface area (Å²) in [5.74, 6) is -1.46. The highest BCUT2D eigenvalue weighted by molar-refractivity contribution is 5.96. The number of benzene rings is 1. The second-order valence-corrected chi connectivity index (χ2v) is 4.71. The van der Waals surface area contributed by atoms with Crippen LogP contribution in [0.1, 0.15) is 37.0 Å². The van der Waals surface area contributed by atoms with Crippen molar-refractivity contribution >= 4 is 5.91 Å². The van der Waals surface area contributed by atoms with Gasteiger partial charge in [-0.15, -0.1) is 0 Å². The largest absolute Gasteiger partial charge is 0.507 e. The molecule has 5 heteroatoms. The predicted octanol–water partition coefficient (Wildman–Crippen LogP) is 2.06. The van der Waals surface area contributed by atoms with E-state index >= 15 is 0 Å². The maximum absolute atomic E-state index is 12.8. The molecule has 0 saturated heterocycles. The minimum Gasteiger partial charge on any atom is -0.507 e. The molecule has 0 saturated carbocycles. The molecule has 0 heterocycles. The second-order valence-electron chi connectivity index (χ2n) is 4.71. The third-order valence-corrected chi connectivity index (χ3v) is 3.66. The highest BCUT2D eigenvalue weighted by atomic mass is 19.1. The summed E-state index contributed by atoms with van der Waals surface area (Å²) in [4.78, 5) is 11.9. The number of hydrogen-bond donors (Lipinski definition) is 3. The Hall–Kier alpha value is -1.62.